The molecule has 22 heavy (non-hydrogen) atoms. The SMILES string of the molecule is CC(=O)OCCOc1ccc(-c2cccc(C=O)c2)c(C)n1. The number of carbonyl (C=O) groups excluding carboxylic acids is 2. The first-order valence-corrected chi connectivity index (χ1v) is 6.89. The molecule has 0 radical (unpaired) electrons. The second-order valence-corrected chi connectivity index (χ2v) is 4.71. The lowest BCUT2D eigenvalue weighted by Gasteiger charge is -2.10. The van der Waals surface area contributed by atoms with E-state index in [-0.39, 0.29) is 19.2 Å². The number of hydrogen-bond acceptors (Lipinski definition) is 5. The quantitative estimate of drug-likeness (QED) is 0.466. The molecule has 1 heterocycles. The van der Waals surface area contributed by atoms with Crippen LogP contribution in [0, 0.1) is 6.92 Å². The van der Waals surface area contributed by atoms with Crippen LogP contribution in [0.3, 0.4) is 0 Å². The van der Waals surface area contributed by atoms with Crippen LogP contribution >= 0.6 is 0 Å². The highest BCUT2D eigenvalue weighted by atomic mass is 16.6. The van der Waals surface area contributed by atoms with Gasteiger partial charge in [0.05, 0.1) is 0 Å². The average Bonchev–Trinajstić information content (AvgIpc) is 2.51. The minimum absolute atomic E-state index is 0.194. The standard InChI is InChI=1S/C17H17NO4/c1-12-16(15-5-3-4-14(10-15)11-19)6-7-17(18-12)22-9-8-21-13(2)20/h3-7,10-11H,8-9H2,1-2H3. The third kappa shape index (κ3) is 4.15. The van der Waals surface area contributed by atoms with Gasteiger partial charge in [-0.2, -0.15) is 0 Å². The summed E-state index contributed by atoms with van der Waals surface area (Å²) in [7, 11) is 0. The van der Waals surface area contributed by atoms with Crippen LogP contribution in [0.4, 0.5) is 0 Å². The van der Waals surface area contributed by atoms with Gasteiger partial charge >= 0.3 is 5.97 Å². The molecule has 0 aliphatic carbocycles. The predicted molar refractivity (Wildman–Crippen MR) is 81.9 cm³/mol. The molecule has 1 aromatic heterocycles. The van der Waals surface area contributed by atoms with Gasteiger partial charge in [-0.3, -0.25) is 9.59 Å². The van der Waals surface area contributed by atoms with E-state index >= 15 is 0 Å². The van der Waals surface area contributed by atoms with Crippen molar-refractivity contribution < 1.29 is 19.1 Å². The van der Waals surface area contributed by atoms with Crippen LogP contribution in [0.2, 0.25) is 0 Å². The zero-order chi connectivity index (χ0) is 15.9. The lowest BCUT2D eigenvalue weighted by molar-refractivity contribution is -0.141. The van der Waals surface area contributed by atoms with Gasteiger partial charge < -0.3 is 9.47 Å². The van der Waals surface area contributed by atoms with Gasteiger partial charge in [0.2, 0.25) is 5.88 Å². The van der Waals surface area contributed by atoms with E-state index in [9.17, 15) is 9.59 Å². The molecular formula is C17H17NO4. The predicted octanol–water partition coefficient (Wildman–Crippen LogP) is 2.81. The van der Waals surface area contributed by atoms with Crippen molar-refractivity contribution in [2.24, 2.45) is 0 Å². The van der Waals surface area contributed by atoms with Gasteiger partial charge in [0.15, 0.2) is 0 Å². The van der Waals surface area contributed by atoms with E-state index in [0.29, 0.717) is 11.4 Å². The number of aldehydes is 1. The zero-order valence-electron chi connectivity index (χ0n) is 12.5. The monoisotopic (exact) mass is 299 g/mol. The van der Waals surface area contributed by atoms with Crippen molar-refractivity contribution in [3.63, 3.8) is 0 Å². The fourth-order valence-corrected chi connectivity index (χ4v) is 2.03. The summed E-state index contributed by atoms with van der Waals surface area (Å²) in [4.78, 5) is 25.9. The molecule has 2 aromatic rings. The highest BCUT2D eigenvalue weighted by molar-refractivity contribution is 5.79. The summed E-state index contributed by atoms with van der Waals surface area (Å²) in [6, 6.07) is 11.0. The highest BCUT2D eigenvalue weighted by Gasteiger charge is 2.06. The number of ether oxygens (including phenoxy) is 2. The maximum Gasteiger partial charge on any atom is 0.302 e. The molecule has 0 aliphatic rings. The van der Waals surface area contributed by atoms with Gasteiger partial charge in [0.25, 0.3) is 0 Å². The number of aryl methyl sites for hydroxylation is 1. The molecule has 0 amide bonds. The second kappa shape index (κ2) is 7.36. The zero-order valence-corrected chi connectivity index (χ0v) is 12.5. The van der Waals surface area contributed by atoms with Crippen molar-refractivity contribution in [1.29, 1.82) is 0 Å². The number of benzene rings is 1. The number of aromatic nitrogens is 1. The topological polar surface area (TPSA) is 65.5 Å². The smallest absolute Gasteiger partial charge is 0.302 e. The fourth-order valence-electron chi connectivity index (χ4n) is 2.03. The lowest BCUT2D eigenvalue weighted by Crippen LogP contribution is -2.10. The van der Waals surface area contributed by atoms with Gasteiger partial charge in [-0.15, -0.1) is 0 Å². The largest absolute Gasteiger partial charge is 0.474 e. The number of nitrogens with zero attached hydrogens (tertiary/aromatic N) is 1. The summed E-state index contributed by atoms with van der Waals surface area (Å²) >= 11 is 0. The van der Waals surface area contributed by atoms with Crippen LogP contribution in [-0.2, 0) is 9.53 Å². The Morgan fingerprint density at radius 3 is 2.73 bits per heavy atom. The maximum absolute atomic E-state index is 10.9. The maximum atomic E-state index is 10.9. The molecule has 0 fully saturated rings. The molecule has 2 rings (SSSR count). The Hall–Kier alpha value is -2.69. The molecule has 5 nitrogen and oxygen atoms in total. The summed E-state index contributed by atoms with van der Waals surface area (Å²) in [6.07, 6.45) is 0.818. The molecule has 0 N–H and O–H groups in total. The second-order valence-electron chi connectivity index (χ2n) is 4.71. The van der Waals surface area contributed by atoms with E-state index in [4.69, 9.17) is 9.47 Å². The molecule has 0 spiro atoms. The van der Waals surface area contributed by atoms with Crippen molar-refractivity contribution >= 4 is 12.3 Å². The van der Waals surface area contributed by atoms with Crippen molar-refractivity contribution in [3.8, 4) is 17.0 Å². The van der Waals surface area contributed by atoms with Gasteiger partial charge in [-0.1, -0.05) is 18.2 Å². The Morgan fingerprint density at radius 2 is 2.05 bits per heavy atom. The molecule has 0 unspecified atom stereocenters. The number of hydrogen-bond donors (Lipinski definition) is 0. The van der Waals surface area contributed by atoms with Crippen LogP contribution in [0.25, 0.3) is 11.1 Å². The molecule has 5 heteroatoms. The van der Waals surface area contributed by atoms with E-state index in [2.05, 4.69) is 4.98 Å². The minimum Gasteiger partial charge on any atom is -0.474 e. The van der Waals surface area contributed by atoms with Gasteiger partial charge in [0, 0.05) is 29.8 Å². The molecule has 0 aliphatic heterocycles. The Kier molecular flexibility index (Phi) is 5.25. The number of carbonyl (C=O) groups is 2. The van der Waals surface area contributed by atoms with Crippen LogP contribution in [0.5, 0.6) is 5.88 Å². The summed E-state index contributed by atoms with van der Waals surface area (Å²) in [5, 5.41) is 0. The molecule has 0 atom stereocenters. The van der Waals surface area contributed by atoms with Crippen molar-refractivity contribution in [1.82, 2.24) is 4.98 Å². The van der Waals surface area contributed by atoms with E-state index in [1.54, 1.807) is 12.1 Å². The molecule has 0 saturated carbocycles. The minimum atomic E-state index is -0.335. The van der Waals surface area contributed by atoms with Gasteiger partial charge in [0.1, 0.15) is 19.5 Å². The summed E-state index contributed by atoms with van der Waals surface area (Å²) in [5.74, 6) is 0.137. The fraction of sp³-hybridized carbons (Fsp3) is 0.235. The number of esters is 1. The van der Waals surface area contributed by atoms with Crippen molar-refractivity contribution in [2.45, 2.75) is 13.8 Å². The van der Waals surface area contributed by atoms with E-state index < -0.39 is 0 Å². The van der Waals surface area contributed by atoms with Gasteiger partial charge in [-0.25, -0.2) is 4.98 Å². The van der Waals surface area contributed by atoms with Crippen LogP contribution in [0.15, 0.2) is 36.4 Å². The van der Waals surface area contributed by atoms with Crippen LogP contribution in [0.1, 0.15) is 23.0 Å². The molecule has 0 saturated heterocycles. The first kappa shape index (κ1) is 15.7. The molecule has 1 aromatic carbocycles. The number of rotatable bonds is 6. The Morgan fingerprint density at radius 1 is 1.23 bits per heavy atom. The number of pyridine rings is 1. The normalized spacial score (nSPS) is 10.1. The molecule has 0 bridgehead atoms. The van der Waals surface area contributed by atoms with Crippen molar-refractivity contribution in [3.05, 3.63) is 47.7 Å². The molecule has 114 valence electrons. The van der Waals surface area contributed by atoms with E-state index in [1.807, 2.05) is 31.2 Å². The Bertz CT molecular complexity index is 682. The van der Waals surface area contributed by atoms with Crippen molar-refractivity contribution in [2.75, 3.05) is 13.2 Å². The van der Waals surface area contributed by atoms with E-state index in [1.165, 1.54) is 6.92 Å². The Balaban J connectivity index is 2.09. The third-order valence-electron chi connectivity index (χ3n) is 3.03. The lowest BCUT2D eigenvalue weighted by atomic mass is 10.0. The third-order valence-corrected chi connectivity index (χ3v) is 3.03. The first-order valence-electron chi connectivity index (χ1n) is 6.89. The first-order chi connectivity index (χ1) is 10.6. The summed E-state index contributed by atoms with van der Waals surface area (Å²) in [5.41, 5.74) is 3.30. The summed E-state index contributed by atoms with van der Waals surface area (Å²) in [6.45, 7) is 3.68. The van der Waals surface area contributed by atoms with Crippen LogP contribution < -0.4 is 4.74 Å². The summed E-state index contributed by atoms with van der Waals surface area (Å²) < 4.78 is 10.2. The molecular weight excluding hydrogens is 282 g/mol. The Labute approximate surface area is 128 Å². The highest BCUT2D eigenvalue weighted by Crippen LogP contribution is 2.24. The van der Waals surface area contributed by atoms with Gasteiger partial charge in [-0.05, 0) is 24.6 Å². The van der Waals surface area contributed by atoms with Crippen LogP contribution in [-0.4, -0.2) is 30.5 Å². The van der Waals surface area contributed by atoms with E-state index in [0.717, 1.165) is 23.1 Å². The average molecular weight is 299 g/mol.